The van der Waals surface area contributed by atoms with Crippen molar-refractivity contribution >= 4 is 11.8 Å². The van der Waals surface area contributed by atoms with Gasteiger partial charge in [-0.15, -0.1) is 0 Å². The Hall–Kier alpha value is -1.06. The predicted octanol–water partition coefficient (Wildman–Crippen LogP) is 0.666. The number of unbranched alkanes of at least 4 members (excludes halogenated alkanes) is 1. The molecule has 0 saturated carbocycles. The molecule has 1 N–H and O–H groups in total. The number of carbonyl (C=O) groups is 2. The summed E-state index contributed by atoms with van der Waals surface area (Å²) in [6, 6.07) is -0.429. The maximum atomic E-state index is 12.0. The molecule has 0 bridgehead atoms. The minimum Gasteiger partial charge on any atom is -0.343 e. The number of hydrogen-bond donors (Lipinski definition) is 1. The van der Waals surface area contributed by atoms with Gasteiger partial charge >= 0.3 is 0 Å². The molecule has 0 aromatic rings. The van der Waals surface area contributed by atoms with Crippen LogP contribution in [-0.2, 0) is 9.59 Å². The minimum absolute atomic E-state index is 0.0493. The molecule has 0 spiro atoms. The maximum Gasteiger partial charge on any atom is 0.245 e. The lowest BCUT2D eigenvalue weighted by atomic mass is 10.0. The molecule has 2 aliphatic rings. The van der Waals surface area contributed by atoms with Crippen molar-refractivity contribution in [3.63, 3.8) is 0 Å². The number of nitrogens with one attached hydrogen (secondary N) is 1. The van der Waals surface area contributed by atoms with Crippen LogP contribution in [0.2, 0.25) is 0 Å². The second kappa shape index (κ2) is 4.21. The Kier molecular flexibility index (Phi) is 2.93. The standard InChI is InChI=1S/C11H18N2O2/c1-2-3-5-8-11(15)13-7-4-6-9(13)10(14)12-8/h8-9H,2-7H2,1H3,(H,12,14)/t8-,9-/m1/s1. The summed E-state index contributed by atoms with van der Waals surface area (Å²) in [5.41, 5.74) is 0. The number of carbonyl (C=O) groups excluding carboxylic acids is 2. The first-order valence-electron chi connectivity index (χ1n) is 5.85. The van der Waals surface area contributed by atoms with Gasteiger partial charge in [0, 0.05) is 6.54 Å². The van der Waals surface area contributed by atoms with E-state index in [4.69, 9.17) is 0 Å². The summed E-state index contributed by atoms with van der Waals surface area (Å²) in [5, 5.41) is 2.84. The number of nitrogens with zero attached hydrogens (tertiary/aromatic N) is 1. The number of rotatable bonds is 3. The van der Waals surface area contributed by atoms with Gasteiger partial charge in [0.05, 0.1) is 0 Å². The first-order valence-corrected chi connectivity index (χ1v) is 5.85. The molecule has 84 valence electrons. The van der Waals surface area contributed by atoms with Crippen LogP contribution in [0.1, 0.15) is 39.0 Å². The van der Waals surface area contributed by atoms with Crippen molar-refractivity contribution < 1.29 is 9.59 Å². The third-order valence-corrected chi connectivity index (χ3v) is 3.30. The third kappa shape index (κ3) is 1.85. The quantitative estimate of drug-likeness (QED) is 0.744. The first-order chi connectivity index (χ1) is 7.24. The number of amides is 2. The monoisotopic (exact) mass is 210 g/mol. The second-order valence-electron chi connectivity index (χ2n) is 4.39. The summed E-state index contributed by atoms with van der Waals surface area (Å²) in [5.74, 6) is 0.179. The van der Waals surface area contributed by atoms with Crippen molar-refractivity contribution in [2.45, 2.75) is 51.1 Å². The zero-order valence-corrected chi connectivity index (χ0v) is 9.16. The van der Waals surface area contributed by atoms with Crippen LogP contribution in [0, 0.1) is 0 Å². The van der Waals surface area contributed by atoms with Crippen LogP contribution in [0.3, 0.4) is 0 Å². The molecule has 2 saturated heterocycles. The molecule has 2 rings (SSSR count). The zero-order chi connectivity index (χ0) is 10.8. The lowest BCUT2D eigenvalue weighted by molar-refractivity contribution is -0.147. The van der Waals surface area contributed by atoms with Crippen LogP contribution in [0.5, 0.6) is 0 Å². The van der Waals surface area contributed by atoms with Gasteiger partial charge in [-0.05, 0) is 19.3 Å². The average Bonchev–Trinajstić information content (AvgIpc) is 2.70. The highest BCUT2D eigenvalue weighted by atomic mass is 16.2. The molecule has 0 aliphatic carbocycles. The van der Waals surface area contributed by atoms with Crippen molar-refractivity contribution in [3.05, 3.63) is 0 Å². The van der Waals surface area contributed by atoms with Gasteiger partial charge in [0.25, 0.3) is 0 Å². The summed E-state index contributed by atoms with van der Waals surface area (Å²) >= 11 is 0. The topological polar surface area (TPSA) is 49.4 Å². The average molecular weight is 210 g/mol. The molecule has 4 heteroatoms. The van der Waals surface area contributed by atoms with Gasteiger partial charge in [-0.3, -0.25) is 9.59 Å². The zero-order valence-electron chi connectivity index (χ0n) is 9.16. The molecular formula is C11H18N2O2. The van der Waals surface area contributed by atoms with Gasteiger partial charge in [-0.2, -0.15) is 0 Å². The van der Waals surface area contributed by atoms with Crippen molar-refractivity contribution in [2.75, 3.05) is 6.54 Å². The van der Waals surface area contributed by atoms with Gasteiger partial charge in [-0.1, -0.05) is 19.8 Å². The molecule has 4 nitrogen and oxygen atoms in total. The maximum absolute atomic E-state index is 12.0. The third-order valence-electron chi connectivity index (χ3n) is 3.30. The fourth-order valence-corrected chi connectivity index (χ4v) is 2.44. The summed E-state index contributed by atoms with van der Waals surface area (Å²) in [6.45, 7) is 2.85. The van der Waals surface area contributed by atoms with E-state index < -0.39 is 0 Å². The lowest BCUT2D eigenvalue weighted by Crippen LogP contribution is -2.60. The van der Waals surface area contributed by atoms with Crippen LogP contribution < -0.4 is 5.32 Å². The highest BCUT2D eigenvalue weighted by Gasteiger charge is 2.42. The van der Waals surface area contributed by atoms with E-state index in [1.807, 2.05) is 0 Å². The van der Waals surface area contributed by atoms with Crippen molar-refractivity contribution in [3.8, 4) is 0 Å². The molecular weight excluding hydrogens is 192 g/mol. The van der Waals surface area contributed by atoms with Crippen LogP contribution in [0.4, 0.5) is 0 Å². The second-order valence-corrected chi connectivity index (χ2v) is 4.39. The smallest absolute Gasteiger partial charge is 0.245 e. The van der Waals surface area contributed by atoms with Gasteiger partial charge < -0.3 is 10.2 Å². The van der Waals surface area contributed by atoms with E-state index in [2.05, 4.69) is 12.2 Å². The predicted molar refractivity (Wildman–Crippen MR) is 56.2 cm³/mol. The fourth-order valence-electron chi connectivity index (χ4n) is 2.44. The van der Waals surface area contributed by atoms with Crippen molar-refractivity contribution in [1.82, 2.24) is 10.2 Å². The first kappa shape index (κ1) is 10.5. The Labute approximate surface area is 90.0 Å². The van der Waals surface area contributed by atoms with E-state index in [-0.39, 0.29) is 23.9 Å². The van der Waals surface area contributed by atoms with E-state index in [0.29, 0.717) is 0 Å². The highest BCUT2D eigenvalue weighted by Crippen LogP contribution is 2.23. The van der Waals surface area contributed by atoms with Crippen LogP contribution in [0.15, 0.2) is 0 Å². The Bertz CT molecular complexity index is 278. The molecule has 2 aliphatic heterocycles. The van der Waals surface area contributed by atoms with Gasteiger partial charge in [0.1, 0.15) is 12.1 Å². The molecule has 15 heavy (non-hydrogen) atoms. The Morgan fingerprint density at radius 3 is 3.00 bits per heavy atom. The molecule has 0 aromatic carbocycles. The minimum atomic E-state index is -0.258. The highest BCUT2D eigenvalue weighted by molar-refractivity contribution is 5.97. The van der Waals surface area contributed by atoms with E-state index in [1.54, 1.807) is 4.90 Å². The van der Waals surface area contributed by atoms with Crippen LogP contribution >= 0.6 is 0 Å². The molecule has 2 fully saturated rings. The Balaban J connectivity index is 2.03. The summed E-state index contributed by atoms with van der Waals surface area (Å²) in [4.78, 5) is 25.4. The van der Waals surface area contributed by atoms with Gasteiger partial charge in [0.15, 0.2) is 0 Å². The molecule has 0 unspecified atom stereocenters. The Morgan fingerprint density at radius 1 is 1.47 bits per heavy atom. The van der Waals surface area contributed by atoms with Crippen LogP contribution in [0.25, 0.3) is 0 Å². The van der Waals surface area contributed by atoms with Gasteiger partial charge in [-0.25, -0.2) is 0 Å². The lowest BCUT2D eigenvalue weighted by Gasteiger charge is -2.34. The molecule has 0 aromatic heterocycles. The summed E-state index contributed by atoms with van der Waals surface area (Å²) in [6.07, 6.45) is 4.63. The van der Waals surface area contributed by atoms with E-state index >= 15 is 0 Å². The number of fused-ring (bicyclic) bond motifs is 1. The van der Waals surface area contributed by atoms with E-state index in [9.17, 15) is 9.59 Å². The van der Waals surface area contributed by atoms with Gasteiger partial charge in [0.2, 0.25) is 11.8 Å². The number of hydrogen-bond acceptors (Lipinski definition) is 2. The molecule has 2 amide bonds. The SMILES string of the molecule is CCCC[C@H]1NC(=O)[C@H]2CCCN2C1=O. The Morgan fingerprint density at radius 2 is 2.27 bits per heavy atom. The van der Waals surface area contributed by atoms with E-state index in [1.165, 1.54) is 0 Å². The van der Waals surface area contributed by atoms with Crippen LogP contribution in [-0.4, -0.2) is 35.3 Å². The van der Waals surface area contributed by atoms with Crippen molar-refractivity contribution in [2.24, 2.45) is 0 Å². The largest absolute Gasteiger partial charge is 0.343 e. The fraction of sp³-hybridized carbons (Fsp3) is 0.818. The molecule has 2 atom stereocenters. The molecule has 2 heterocycles. The van der Waals surface area contributed by atoms with E-state index in [0.717, 1.165) is 38.6 Å². The molecule has 0 radical (unpaired) electrons. The van der Waals surface area contributed by atoms with Crippen molar-refractivity contribution in [1.29, 1.82) is 0 Å². The summed E-state index contributed by atoms with van der Waals surface area (Å²) < 4.78 is 0. The summed E-state index contributed by atoms with van der Waals surface area (Å²) in [7, 11) is 0. The normalized spacial score (nSPS) is 30.3. The number of piperazine rings is 1.